The summed E-state index contributed by atoms with van der Waals surface area (Å²) in [5.74, 6) is -1.31. The van der Waals surface area contributed by atoms with E-state index in [1.807, 2.05) is 0 Å². The van der Waals surface area contributed by atoms with E-state index in [-0.39, 0.29) is 36.4 Å². The molecule has 2 aromatic rings. The highest BCUT2D eigenvalue weighted by atomic mass is 32.1. The summed E-state index contributed by atoms with van der Waals surface area (Å²) in [6.07, 6.45) is 5.06. The number of ether oxygens (including phenoxy) is 1. The highest BCUT2D eigenvalue weighted by molar-refractivity contribution is 7.09. The third-order valence-electron chi connectivity index (χ3n) is 4.72. The van der Waals surface area contributed by atoms with Crippen molar-refractivity contribution in [3.8, 4) is 0 Å². The smallest absolute Gasteiger partial charge is 0.357 e. The van der Waals surface area contributed by atoms with Gasteiger partial charge in [-0.1, -0.05) is 31.4 Å². The molecule has 0 atom stereocenters. The Kier molecular flexibility index (Phi) is 6.55. The molecule has 1 saturated carbocycles. The molecule has 1 fully saturated rings. The van der Waals surface area contributed by atoms with Crippen LogP contribution in [0.5, 0.6) is 0 Å². The number of carbonyl (C=O) groups excluding carboxylic acids is 2. The molecule has 1 amide bonds. The van der Waals surface area contributed by atoms with Crippen molar-refractivity contribution in [2.75, 3.05) is 6.61 Å². The van der Waals surface area contributed by atoms with Crippen LogP contribution in [0.1, 0.15) is 64.9 Å². The van der Waals surface area contributed by atoms with Crippen LogP contribution in [0.15, 0.2) is 29.6 Å². The maximum Gasteiger partial charge on any atom is 0.357 e. The van der Waals surface area contributed by atoms with Crippen molar-refractivity contribution in [1.29, 1.82) is 0 Å². The van der Waals surface area contributed by atoms with Gasteiger partial charge in [0, 0.05) is 11.4 Å². The zero-order valence-electron chi connectivity index (χ0n) is 15.3. The van der Waals surface area contributed by atoms with E-state index in [1.54, 1.807) is 29.3 Å². The fraction of sp³-hybridized carbons (Fsp3) is 0.450. The zero-order chi connectivity index (χ0) is 19.2. The van der Waals surface area contributed by atoms with E-state index in [2.05, 4.69) is 4.98 Å². The van der Waals surface area contributed by atoms with Gasteiger partial charge in [0.15, 0.2) is 5.69 Å². The van der Waals surface area contributed by atoms with Gasteiger partial charge in [0.05, 0.1) is 18.7 Å². The van der Waals surface area contributed by atoms with Gasteiger partial charge < -0.3 is 9.64 Å². The molecule has 0 N–H and O–H groups in total. The quantitative estimate of drug-likeness (QED) is 0.685. The molecule has 1 aliphatic rings. The average molecular weight is 390 g/mol. The Labute approximate surface area is 162 Å². The largest absolute Gasteiger partial charge is 0.461 e. The normalized spacial score (nSPS) is 14.7. The van der Waals surface area contributed by atoms with Crippen LogP contribution in [-0.2, 0) is 11.3 Å². The van der Waals surface area contributed by atoms with Crippen LogP contribution in [0.25, 0.3) is 0 Å². The lowest BCUT2D eigenvalue weighted by Crippen LogP contribution is -2.41. The second-order valence-electron chi connectivity index (χ2n) is 6.55. The summed E-state index contributed by atoms with van der Waals surface area (Å²) >= 11 is 1.31. The topological polar surface area (TPSA) is 59.5 Å². The second kappa shape index (κ2) is 9.08. The molecule has 5 nitrogen and oxygen atoms in total. The van der Waals surface area contributed by atoms with E-state index in [0.29, 0.717) is 5.01 Å². The molecule has 0 bridgehead atoms. The summed E-state index contributed by atoms with van der Waals surface area (Å²) in [4.78, 5) is 31.0. The molecule has 0 radical (unpaired) electrons. The first-order valence-corrected chi connectivity index (χ1v) is 10.1. The number of halogens is 1. The second-order valence-corrected chi connectivity index (χ2v) is 7.49. The number of benzene rings is 1. The Hall–Kier alpha value is -2.28. The third kappa shape index (κ3) is 4.71. The third-order valence-corrected chi connectivity index (χ3v) is 5.56. The van der Waals surface area contributed by atoms with Gasteiger partial charge in [-0.3, -0.25) is 4.79 Å². The van der Waals surface area contributed by atoms with Gasteiger partial charge in [-0.15, -0.1) is 11.3 Å². The lowest BCUT2D eigenvalue weighted by atomic mass is 9.93. The van der Waals surface area contributed by atoms with Gasteiger partial charge in [-0.05, 0) is 31.9 Å². The number of hydrogen-bond donors (Lipinski definition) is 0. The molecular weight excluding hydrogens is 367 g/mol. The number of carbonyl (C=O) groups is 2. The molecule has 0 spiro atoms. The fourth-order valence-electron chi connectivity index (χ4n) is 3.38. The van der Waals surface area contributed by atoms with Gasteiger partial charge in [0.2, 0.25) is 0 Å². The molecule has 3 rings (SSSR count). The Morgan fingerprint density at radius 2 is 2.00 bits per heavy atom. The highest BCUT2D eigenvalue weighted by Crippen LogP contribution is 2.27. The van der Waals surface area contributed by atoms with E-state index in [0.717, 1.165) is 32.1 Å². The summed E-state index contributed by atoms with van der Waals surface area (Å²) in [5, 5.41) is 2.29. The van der Waals surface area contributed by atoms with Crippen LogP contribution in [0.3, 0.4) is 0 Å². The van der Waals surface area contributed by atoms with E-state index in [1.165, 1.54) is 23.5 Å². The summed E-state index contributed by atoms with van der Waals surface area (Å²) in [6, 6.07) is 6.11. The predicted molar refractivity (Wildman–Crippen MR) is 101 cm³/mol. The van der Waals surface area contributed by atoms with Crippen molar-refractivity contribution >= 4 is 23.2 Å². The summed E-state index contributed by atoms with van der Waals surface area (Å²) in [5.41, 5.74) is 0.323. The number of thiazole rings is 1. The number of esters is 1. The van der Waals surface area contributed by atoms with Gasteiger partial charge in [-0.2, -0.15) is 0 Å². The number of aromatic nitrogens is 1. The van der Waals surface area contributed by atoms with Crippen LogP contribution < -0.4 is 0 Å². The molecule has 0 unspecified atom stereocenters. The number of amides is 1. The molecule has 144 valence electrons. The first-order chi connectivity index (χ1) is 13.1. The molecule has 1 heterocycles. The van der Waals surface area contributed by atoms with E-state index in [4.69, 9.17) is 4.74 Å². The standard InChI is InChI=1S/C20H23FN2O3S/c1-2-26-20(25)17-13-27-18(22-17)12-23(14-8-4-3-5-9-14)19(24)15-10-6-7-11-16(15)21/h6-7,10-11,13-14H,2-5,8-9,12H2,1H3. The predicted octanol–water partition coefficient (Wildman–Crippen LogP) is 4.43. The number of nitrogens with zero attached hydrogens (tertiary/aromatic N) is 2. The van der Waals surface area contributed by atoms with Crippen LogP contribution >= 0.6 is 11.3 Å². The van der Waals surface area contributed by atoms with Gasteiger partial charge in [0.1, 0.15) is 10.8 Å². The molecular formula is C20H23FN2O3S. The van der Waals surface area contributed by atoms with E-state index in [9.17, 15) is 14.0 Å². The van der Waals surface area contributed by atoms with Crippen LogP contribution in [0, 0.1) is 5.82 Å². The van der Waals surface area contributed by atoms with Crippen molar-refractivity contribution in [3.05, 3.63) is 51.7 Å². The summed E-state index contributed by atoms with van der Waals surface area (Å²) in [7, 11) is 0. The number of hydrogen-bond acceptors (Lipinski definition) is 5. The Morgan fingerprint density at radius 1 is 1.26 bits per heavy atom. The van der Waals surface area contributed by atoms with Crippen molar-refractivity contribution < 1.29 is 18.7 Å². The first-order valence-electron chi connectivity index (χ1n) is 9.27. The van der Waals surface area contributed by atoms with Crippen LogP contribution in [0.4, 0.5) is 4.39 Å². The first kappa shape index (κ1) is 19.5. The summed E-state index contributed by atoms with van der Waals surface area (Å²) < 4.78 is 19.1. The maximum absolute atomic E-state index is 14.2. The van der Waals surface area contributed by atoms with Crippen molar-refractivity contribution in [2.24, 2.45) is 0 Å². The average Bonchev–Trinajstić information content (AvgIpc) is 3.16. The molecule has 27 heavy (non-hydrogen) atoms. The lowest BCUT2D eigenvalue weighted by molar-refractivity contribution is 0.0520. The van der Waals surface area contributed by atoms with Crippen LogP contribution in [0.2, 0.25) is 0 Å². The van der Waals surface area contributed by atoms with Crippen molar-refractivity contribution in [1.82, 2.24) is 9.88 Å². The van der Waals surface area contributed by atoms with Gasteiger partial charge in [-0.25, -0.2) is 14.2 Å². The molecule has 7 heteroatoms. The van der Waals surface area contributed by atoms with Gasteiger partial charge >= 0.3 is 5.97 Å². The van der Waals surface area contributed by atoms with E-state index >= 15 is 0 Å². The van der Waals surface area contributed by atoms with Crippen LogP contribution in [-0.4, -0.2) is 34.4 Å². The SMILES string of the molecule is CCOC(=O)c1csc(CN(C(=O)c2ccccc2F)C2CCCCC2)n1. The molecule has 1 aromatic heterocycles. The van der Waals surface area contributed by atoms with E-state index < -0.39 is 11.8 Å². The molecule has 1 aromatic carbocycles. The van der Waals surface area contributed by atoms with Crippen molar-refractivity contribution in [3.63, 3.8) is 0 Å². The van der Waals surface area contributed by atoms with Gasteiger partial charge in [0.25, 0.3) is 5.91 Å². The molecule has 0 aliphatic heterocycles. The zero-order valence-corrected chi connectivity index (χ0v) is 16.1. The Morgan fingerprint density at radius 3 is 2.70 bits per heavy atom. The summed E-state index contributed by atoms with van der Waals surface area (Å²) in [6.45, 7) is 2.29. The minimum absolute atomic E-state index is 0.0563. The molecule has 0 saturated heterocycles. The van der Waals surface area contributed by atoms with Crippen molar-refractivity contribution in [2.45, 2.75) is 51.6 Å². The monoisotopic (exact) mass is 390 g/mol. The fourth-order valence-corrected chi connectivity index (χ4v) is 4.14. The minimum Gasteiger partial charge on any atom is -0.461 e. The molecule has 1 aliphatic carbocycles. The maximum atomic E-state index is 14.2. The lowest BCUT2D eigenvalue weighted by Gasteiger charge is -2.34. The highest BCUT2D eigenvalue weighted by Gasteiger charge is 2.29. The number of rotatable bonds is 6. The Bertz CT molecular complexity index is 802. The Balaban J connectivity index is 1.83. The minimum atomic E-state index is -0.519.